The number of alkyl halides is 6. The highest BCUT2D eigenvalue weighted by molar-refractivity contribution is 7.99. The van der Waals surface area contributed by atoms with Crippen LogP contribution in [0.3, 0.4) is 0 Å². The van der Waals surface area contributed by atoms with Crippen LogP contribution >= 0.6 is 11.8 Å². The standard InChI is InChI=1S/C47H50F6N4O7S3/c1-56(28-29-58)25-7-8-36(31-65-38-9-3-2-4-10-38)54-42-22-21-39(30-43(42)66(61,62)47(51,52)53)67(63,64)55-45(60)34-15-19-37(20-16-34)57-26-23-33(24-27-57)44(59)41-12-6-5-11-40(41)32-13-17-35(18-14-32)46(48,49)50/h2-6,9-22,30,33,36,44,54,58-59H,7-8,23-29,31H2,1H3,(H,55,60)/t36-,44-/m1/s1. The third kappa shape index (κ3) is 13.1. The van der Waals surface area contributed by atoms with Gasteiger partial charge in [-0.1, -0.05) is 54.6 Å². The molecule has 1 saturated heterocycles. The van der Waals surface area contributed by atoms with E-state index in [4.69, 9.17) is 0 Å². The van der Waals surface area contributed by atoms with Crippen molar-refractivity contribution in [2.75, 3.05) is 55.8 Å². The van der Waals surface area contributed by atoms with Gasteiger partial charge in [-0.3, -0.25) is 4.79 Å². The minimum atomic E-state index is -6.11. The van der Waals surface area contributed by atoms with Gasteiger partial charge in [-0.15, -0.1) is 11.8 Å². The number of thioether (sulfide) groups is 1. The zero-order chi connectivity index (χ0) is 48.6. The molecule has 0 unspecified atom stereocenters. The number of anilines is 2. The van der Waals surface area contributed by atoms with Gasteiger partial charge in [0.25, 0.3) is 25.8 Å². The quantitative estimate of drug-likeness (QED) is 0.0463. The Morgan fingerprint density at radius 1 is 0.836 bits per heavy atom. The molecule has 0 saturated carbocycles. The minimum Gasteiger partial charge on any atom is -0.395 e. The van der Waals surface area contributed by atoms with E-state index in [0.29, 0.717) is 86.1 Å². The number of rotatable bonds is 19. The summed E-state index contributed by atoms with van der Waals surface area (Å²) in [6.45, 7) is 1.84. The van der Waals surface area contributed by atoms with Gasteiger partial charge in [-0.05, 0) is 129 Å². The van der Waals surface area contributed by atoms with Gasteiger partial charge in [-0.25, -0.2) is 21.6 Å². The normalized spacial score (nSPS) is 15.0. The number of nitrogens with one attached hydrogen (secondary N) is 2. The van der Waals surface area contributed by atoms with E-state index in [1.54, 1.807) is 43.4 Å². The Bertz CT molecular complexity index is 2670. The van der Waals surface area contributed by atoms with Crippen molar-refractivity contribution >= 4 is 48.9 Å². The predicted octanol–water partition coefficient (Wildman–Crippen LogP) is 9.01. The van der Waals surface area contributed by atoms with Gasteiger partial charge in [0.15, 0.2) is 0 Å². The molecule has 5 aromatic carbocycles. The van der Waals surface area contributed by atoms with Crippen molar-refractivity contribution in [3.8, 4) is 11.1 Å². The van der Waals surface area contributed by atoms with Crippen LogP contribution in [0, 0.1) is 5.92 Å². The number of nitrogens with zero attached hydrogens (tertiary/aromatic N) is 2. The van der Waals surface area contributed by atoms with Crippen molar-refractivity contribution < 1.29 is 58.2 Å². The maximum Gasteiger partial charge on any atom is 0.501 e. The van der Waals surface area contributed by atoms with Crippen LogP contribution in [0.15, 0.2) is 136 Å². The van der Waals surface area contributed by atoms with Crippen molar-refractivity contribution in [1.29, 1.82) is 0 Å². The van der Waals surface area contributed by atoms with E-state index in [1.807, 2.05) is 44.9 Å². The predicted molar refractivity (Wildman–Crippen MR) is 246 cm³/mol. The van der Waals surface area contributed by atoms with Crippen LogP contribution in [0.4, 0.5) is 37.7 Å². The summed E-state index contributed by atoms with van der Waals surface area (Å²) in [5.41, 5.74) is -4.73. The molecule has 67 heavy (non-hydrogen) atoms. The molecule has 2 atom stereocenters. The molecule has 1 heterocycles. The van der Waals surface area contributed by atoms with E-state index in [9.17, 15) is 58.2 Å². The number of benzene rings is 5. The number of halogens is 6. The van der Waals surface area contributed by atoms with E-state index in [-0.39, 0.29) is 18.1 Å². The number of hydrogen-bond donors (Lipinski definition) is 4. The second kappa shape index (κ2) is 21.9. The molecule has 0 radical (unpaired) electrons. The second-order valence-corrected chi connectivity index (χ2v) is 20.8. The highest BCUT2D eigenvalue weighted by atomic mass is 32.2. The molecule has 0 aromatic heterocycles. The Labute approximate surface area is 390 Å². The third-order valence-corrected chi connectivity index (χ3v) is 15.5. The molecule has 5 aromatic rings. The lowest BCUT2D eigenvalue weighted by Gasteiger charge is -2.36. The van der Waals surface area contributed by atoms with Crippen LogP contribution in [0.25, 0.3) is 11.1 Å². The van der Waals surface area contributed by atoms with Gasteiger partial charge in [0.2, 0.25) is 0 Å². The summed E-state index contributed by atoms with van der Waals surface area (Å²) in [6.07, 6.45) is -3.40. The van der Waals surface area contributed by atoms with Crippen molar-refractivity contribution in [3.63, 3.8) is 0 Å². The van der Waals surface area contributed by atoms with Crippen LogP contribution < -0.4 is 14.9 Å². The number of sulfone groups is 1. The molecule has 360 valence electrons. The first-order chi connectivity index (χ1) is 31.7. The Morgan fingerprint density at radius 2 is 1.48 bits per heavy atom. The van der Waals surface area contributed by atoms with Crippen molar-refractivity contribution in [1.82, 2.24) is 9.62 Å². The van der Waals surface area contributed by atoms with E-state index in [2.05, 4.69) is 5.32 Å². The average Bonchev–Trinajstić information content (AvgIpc) is 3.30. The third-order valence-electron chi connectivity index (χ3n) is 11.5. The lowest BCUT2D eigenvalue weighted by Crippen LogP contribution is -2.36. The van der Waals surface area contributed by atoms with Gasteiger partial charge < -0.3 is 25.3 Å². The van der Waals surface area contributed by atoms with Crippen molar-refractivity contribution in [2.45, 2.75) is 64.2 Å². The van der Waals surface area contributed by atoms with Crippen molar-refractivity contribution in [3.05, 3.63) is 138 Å². The molecule has 0 spiro atoms. The fraction of sp³-hybridized carbons (Fsp3) is 0.340. The molecule has 11 nitrogen and oxygen atoms in total. The molecule has 0 bridgehead atoms. The van der Waals surface area contributed by atoms with Gasteiger partial charge in [0.1, 0.15) is 4.90 Å². The van der Waals surface area contributed by atoms with E-state index < -0.39 is 70.6 Å². The van der Waals surface area contributed by atoms with Gasteiger partial charge >= 0.3 is 11.7 Å². The SMILES string of the molecule is CN(CCO)CCC[C@H](CSc1ccccc1)Nc1ccc(S(=O)(=O)NC(=O)c2ccc(N3CCC([C@@H](O)c4ccccc4-c4ccc(C(F)(F)F)cc4)CC3)cc2)cc1S(=O)(=O)C(F)(F)F. The lowest BCUT2D eigenvalue weighted by atomic mass is 9.84. The molecule has 6 rings (SSSR count). The molecule has 4 N–H and O–H groups in total. The Morgan fingerprint density at radius 3 is 2.10 bits per heavy atom. The molecule has 20 heteroatoms. The highest BCUT2D eigenvalue weighted by Gasteiger charge is 2.48. The van der Waals surface area contributed by atoms with Crippen molar-refractivity contribution in [2.24, 2.45) is 5.92 Å². The number of aliphatic hydroxyl groups is 2. The first-order valence-electron chi connectivity index (χ1n) is 21.2. The fourth-order valence-corrected chi connectivity index (χ4v) is 10.8. The van der Waals surface area contributed by atoms with E-state index in [0.717, 1.165) is 29.2 Å². The minimum absolute atomic E-state index is 0.0718. The first-order valence-corrected chi connectivity index (χ1v) is 25.2. The molecule has 1 aliphatic rings. The Kier molecular flexibility index (Phi) is 16.7. The number of sulfonamides is 1. The first kappa shape index (κ1) is 51.3. The highest BCUT2D eigenvalue weighted by Crippen LogP contribution is 2.39. The smallest absolute Gasteiger partial charge is 0.395 e. The zero-order valence-corrected chi connectivity index (χ0v) is 38.6. The zero-order valence-electron chi connectivity index (χ0n) is 36.2. The summed E-state index contributed by atoms with van der Waals surface area (Å²) in [5.74, 6) is -0.998. The average molecular weight is 993 g/mol. The molecule has 1 amide bonds. The van der Waals surface area contributed by atoms with Gasteiger partial charge in [-0.2, -0.15) is 26.3 Å². The Balaban J connectivity index is 1.13. The summed E-state index contributed by atoms with van der Waals surface area (Å²) in [4.78, 5) is 15.8. The molecule has 1 fully saturated rings. The van der Waals surface area contributed by atoms with E-state index >= 15 is 0 Å². The monoisotopic (exact) mass is 992 g/mol. The summed E-state index contributed by atoms with van der Waals surface area (Å²) < 4.78 is 137. The van der Waals surface area contributed by atoms with E-state index in [1.165, 1.54) is 36.0 Å². The fourth-order valence-electron chi connectivity index (χ4n) is 7.80. The molecular weight excluding hydrogens is 943 g/mol. The number of hydrogen-bond acceptors (Lipinski definition) is 11. The largest absolute Gasteiger partial charge is 0.501 e. The van der Waals surface area contributed by atoms with Crippen LogP contribution in [0.5, 0.6) is 0 Å². The molecule has 0 aliphatic carbocycles. The van der Waals surface area contributed by atoms with Crippen LogP contribution in [0.2, 0.25) is 0 Å². The van der Waals surface area contributed by atoms with Crippen LogP contribution in [0.1, 0.15) is 53.3 Å². The number of aliphatic hydroxyl groups excluding tert-OH is 2. The number of carbonyl (C=O) groups excluding carboxylic acids is 1. The number of amides is 1. The summed E-state index contributed by atoms with van der Waals surface area (Å²) in [6, 6.07) is 28.5. The van der Waals surface area contributed by atoms with Crippen LogP contribution in [-0.4, -0.2) is 95.0 Å². The summed E-state index contributed by atoms with van der Waals surface area (Å²) >= 11 is 1.39. The lowest BCUT2D eigenvalue weighted by molar-refractivity contribution is -0.137. The summed E-state index contributed by atoms with van der Waals surface area (Å²) in [5, 5.41) is 23.6. The number of carbonyl (C=O) groups is 1. The number of likely N-dealkylation sites (N-methyl/N-ethyl adjacent to an activating group) is 1. The summed E-state index contributed by atoms with van der Waals surface area (Å²) in [7, 11) is -9.24. The van der Waals surface area contributed by atoms with Gasteiger partial charge in [0, 0.05) is 47.6 Å². The second-order valence-electron chi connectivity index (χ2n) is 16.2. The maximum atomic E-state index is 14.1. The van der Waals surface area contributed by atoms with Gasteiger partial charge in [0.05, 0.1) is 28.9 Å². The Hall–Kier alpha value is -5.12. The topological polar surface area (TPSA) is 156 Å². The molecule has 1 aliphatic heterocycles. The molecular formula is C47H50F6N4O7S3. The number of piperidine rings is 1. The van der Waals surface area contributed by atoms with Crippen LogP contribution in [-0.2, 0) is 26.0 Å². The maximum absolute atomic E-state index is 14.1.